The highest BCUT2D eigenvalue weighted by atomic mass is 19.1. The third-order valence-corrected chi connectivity index (χ3v) is 7.11. The summed E-state index contributed by atoms with van der Waals surface area (Å²) < 4.78 is 14.9. The summed E-state index contributed by atoms with van der Waals surface area (Å²) in [7, 11) is 1.74. The van der Waals surface area contributed by atoms with Crippen molar-refractivity contribution in [1.82, 2.24) is 29.8 Å². The van der Waals surface area contributed by atoms with Crippen molar-refractivity contribution in [3.8, 4) is 17.3 Å². The van der Waals surface area contributed by atoms with E-state index in [9.17, 15) is 14.4 Å². The summed E-state index contributed by atoms with van der Waals surface area (Å²) in [5, 5.41) is 24.7. The SMILES string of the molecule is CN/C=C(\C=N)c1cn2ncc(C#N)c2c(-c2ccc(N3CCN(C(=O)C(CN)c4ccc(F)cc4)CC3)nc2)n1. The number of carbonyl (C=O) groups excluding carboxylic acids is 1. The lowest BCUT2D eigenvalue weighted by molar-refractivity contribution is -0.132. The number of carbonyl (C=O) groups is 1. The minimum absolute atomic E-state index is 0.0669. The van der Waals surface area contributed by atoms with Gasteiger partial charge in [-0.05, 0) is 29.8 Å². The molecule has 208 valence electrons. The van der Waals surface area contributed by atoms with E-state index in [4.69, 9.17) is 16.1 Å². The molecule has 1 aliphatic heterocycles. The van der Waals surface area contributed by atoms with Crippen LogP contribution in [-0.4, -0.2) is 76.4 Å². The molecule has 1 aliphatic rings. The highest BCUT2D eigenvalue weighted by Gasteiger charge is 2.28. The summed E-state index contributed by atoms with van der Waals surface area (Å²) in [4.78, 5) is 26.5. The number of piperazine rings is 1. The molecule has 0 radical (unpaired) electrons. The monoisotopic (exact) mass is 552 g/mol. The molecule has 1 fully saturated rings. The minimum Gasteiger partial charge on any atom is -0.393 e. The molecule has 1 saturated heterocycles. The van der Waals surface area contributed by atoms with E-state index in [0.717, 1.165) is 5.82 Å². The van der Waals surface area contributed by atoms with Crippen molar-refractivity contribution in [3.05, 3.63) is 83.8 Å². The van der Waals surface area contributed by atoms with Gasteiger partial charge in [0.1, 0.15) is 28.8 Å². The molecule has 12 heteroatoms. The molecule has 0 saturated carbocycles. The molecule has 1 atom stereocenters. The molecule has 4 aromatic rings. The second kappa shape index (κ2) is 11.9. The molecule has 0 aliphatic carbocycles. The first-order valence-electron chi connectivity index (χ1n) is 13.1. The molecule has 1 aromatic carbocycles. The number of nitrogens with one attached hydrogen (secondary N) is 2. The van der Waals surface area contributed by atoms with Crippen molar-refractivity contribution >= 4 is 29.0 Å². The Morgan fingerprint density at radius 3 is 2.56 bits per heavy atom. The van der Waals surface area contributed by atoms with E-state index in [1.165, 1.54) is 24.5 Å². The zero-order valence-corrected chi connectivity index (χ0v) is 22.5. The number of anilines is 1. The number of rotatable bonds is 8. The van der Waals surface area contributed by atoms with Crippen LogP contribution < -0.4 is 16.0 Å². The summed E-state index contributed by atoms with van der Waals surface area (Å²) in [5.41, 5.74) is 9.87. The molecule has 41 heavy (non-hydrogen) atoms. The van der Waals surface area contributed by atoms with Crippen molar-refractivity contribution in [2.24, 2.45) is 5.73 Å². The number of nitriles is 1. The summed E-state index contributed by atoms with van der Waals surface area (Å²) >= 11 is 0. The first kappa shape index (κ1) is 27.4. The molecule has 11 nitrogen and oxygen atoms in total. The van der Waals surface area contributed by atoms with Gasteiger partial charge in [-0.3, -0.25) is 4.79 Å². The molecule has 5 rings (SSSR count). The summed E-state index contributed by atoms with van der Waals surface area (Å²) in [6.07, 6.45) is 7.74. The fraction of sp³-hybridized carbons (Fsp3) is 0.241. The van der Waals surface area contributed by atoms with Crippen molar-refractivity contribution in [1.29, 1.82) is 10.7 Å². The fourth-order valence-electron chi connectivity index (χ4n) is 4.95. The number of nitrogens with zero attached hydrogens (tertiary/aromatic N) is 7. The van der Waals surface area contributed by atoms with Crippen molar-refractivity contribution in [2.75, 3.05) is 44.7 Å². The van der Waals surface area contributed by atoms with Gasteiger partial charge < -0.3 is 26.3 Å². The predicted molar refractivity (Wildman–Crippen MR) is 154 cm³/mol. The Morgan fingerprint density at radius 1 is 1.20 bits per heavy atom. The molecule has 1 amide bonds. The lowest BCUT2D eigenvalue weighted by Gasteiger charge is -2.37. The van der Waals surface area contributed by atoms with Gasteiger partial charge in [0.05, 0.1) is 29.7 Å². The Labute approximate surface area is 236 Å². The van der Waals surface area contributed by atoms with Gasteiger partial charge in [-0.25, -0.2) is 18.9 Å². The molecule has 3 aromatic heterocycles. The normalized spacial score (nSPS) is 14.5. The van der Waals surface area contributed by atoms with Gasteiger partial charge in [-0.1, -0.05) is 12.1 Å². The number of allylic oxidation sites excluding steroid dienone is 1. The zero-order chi connectivity index (χ0) is 28.9. The van der Waals surface area contributed by atoms with Crippen LogP contribution in [0, 0.1) is 22.6 Å². The van der Waals surface area contributed by atoms with Crippen molar-refractivity contribution < 1.29 is 9.18 Å². The third-order valence-electron chi connectivity index (χ3n) is 7.11. The number of amides is 1. The summed E-state index contributed by atoms with van der Waals surface area (Å²) in [5.74, 6) is -0.180. The average Bonchev–Trinajstić information content (AvgIpc) is 3.44. The topological polar surface area (TPSA) is 152 Å². The van der Waals surface area contributed by atoms with Gasteiger partial charge in [0, 0.05) is 69.5 Å². The van der Waals surface area contributed by atoms with E-state index < -0.39 is 5.92 Å². The Kier molecular flexibility index (Phi) is 7.98. The highest BCUT2D eigenvalue weighted by Crippen LogP contribution is 2.28. The number of halogens is 1. The Bertz CT molecular complexity index is 1630. The summed E-state index contributed by atoms with van der Waals surface area (Å²) in [6.45, 7) is 2.35. The van der Waals surface area contributed by atoms with Crippen molar-refractivity contribution in [3.63, 3.8) is 0 Å². The lowest BCUT2D eigenvalue weighted by atomic mass is 9.97. The van der Waals surface area contributed by atoms with Crippen LogP contribution in [-0.2, 0) is 4.79 Å². The predicted octanol–water partition coefficient (Wildman–Crippen LogP) is 2.40. The van der Waals surface area contributed by atoms with Crippen LogP contribution in [0.2, 0.25) is 0 Å². The van der Waals surface area contributed by atoms with Gasteiger partial charge in [0.2, 0.25) is 5.91 Å². The van der Waals surface area contributed by atoms with Crippen LogP contribution in [0.4, 0.5) is 10.2 Å². The second-order valence-corrected chi connectivity index (χ2v) is 9.53. The van der Waals surface area contributed by atoms with Crippen LogP contribution in [0.3, 0.4) is 0 Å². The third kappa shape index (κ3) is 5.48. The molecule has 4 heterocycles. The van der Waals surface area contributed by atoms with E-state index >= 15 is 0 Å². The number of pyridine rings is 1. The van der Waals surface area contributed by atoms with Crippen LogP contribution in [0.25, 0.3) is 22.3 Å². The number of aromatic nitrogens is 4. The van der Waals surface area contributed by atoms with E-state index in [2.05, 4.69) is 26.4 Å². The van der Waals surface area contributed by atoms with Gasteiger partial charge in [-0.2, -0.15) is 10.4 Å². The lowest BCUT2D eigenvalue weighted by Crippen LogP contribution is -2.51. The minimum atomic E-state index is -0.516. The molecule has 0 spiro atoms. The second-order valence-electron chi connectivity index (χ2n) is 9.53. The first-order chi connectivity index (χ1) is 20.0. The maximum absolute atomic E-state index is 13.3. The van der Waals surface area contributed by atoms with Gasteiger partial charge in [0.25, 0.3) is 0 Å². The standard InChI is InChI=1S/C29H29FN10O/c1-34-15-21(12-31)25-18-40-28(22(13-32)17-36-40)27(37-25)20-4-7-26(35-16-20)38-8-10-39(11-9-38)29(41)24(14-33)19-2-5-23(30)6-3-19/h2-7,12,15-18,24,31,34H,8-11,14,33H2,1H3/b21-15+,31-12?. The summed E-state index contributed by atoms with van der Waals surface area (Å²) in [6, 6.07) is 11.9. The van der Waals surface area contributed by atoms with E-state index in [1.807, 2.05) is 12.1 Å². The number of hydrogen-bond acceptors (Lipinski definition) is 9. The van der Waals surface area contributed by atoms with E-state index in [0.29, 0.717) is 65.3 Å². The Balaban J connectivity index is 1.34. The Hall–Kier alpha value is -5.15. The van der Waals surface area contributed by atoms with Gasteiger partial charge in [-0.15, -0.1) is 0 Å². The van der Waals surface area contributed by atoms with Gasteiger partial charge >= 0.3 is 0 Å². The largest absolute Gasteiger partial charge is 0.393 e. The smallest absolute Gasteiger partial charge is 0.231 e. The average molecular weight is 553 g/mol. The van der Waals surface area contributed by atoms with Crippen LogP contribution in [0.5, 0.6) is 0 Å². The number of nitrogens with two attached hydrogens (primary N) is 1. The Morgan fingerprint density at radius 2 is 1.95 bits per heavy atom. The zero-order valence-electron chi connectivity index (χ0n) is 22.5. The first-order valence-corrected chi connectivity index (χ1v) is 13.1. The number of hydrogen-bond donors (Lipinski definition) is 3. The van der Waals surface area contributed by atoms with Crippen molar-refractivity contribution in [2.45, 2.75) is 5.92 Å². The molecular weight excluding hydrogens is 523 g/mol. The maximum atomic E-state index is 13.3. The fourth-order valence-corrected chi connectivity index (χ4v) is 4.95. The van der Waals surface area contributed by atoms with Crippen LogP contribution in [0.1, 0.15) is 22.7 Å². The highest BCUT2D eigenvalue weighted by molar-refractivity contribution is 6.07. The number of benzene rings is 1. The number of fused-ring (bicyclic) bond motifs is 1. The van der Waals surface area contributed by atoms with Crippen LogP contribution >= 0.6 is 0 Å². The van der Waals surface area contributed by atoms with Gasteiger partial charge in [0.15, 0.2) is 0 Å². The molecule has 0 bridgehead atoms. The van der Waals surface area contributed by atoms with E-state index in [-0.39, 0.29) is 18.3 Å². The molecule has 1 unspecified atom stereocenters. The van der Waals surface area contributed by atoms with Crippen LogP contribution in [0.15, 0.2) is 61.2 Å². The quantitative estimate of drug-likeness (QED) is 0.282. The van der Waals surface area contributed by atoms with E-state index in [1.54, 1.807) is 47.2 Å². The molecular formula is C29H29FN10O. The maximum Gasteiger partial charge on any atom is 0.231 e. The molecule has 4 N–H and O–H groups in total.